The molecule has 0 aromatic carbocycles. The molecule has 1 aromatic heterocycles. The molecule has 1 aromatic rings. The Morgan fingerprint density at radius 2 is 2.29 bits per heavy atom. The van der Waals surface area contributed by atoms with E-state index in [1.54, 1.807) is 0 Å². The molecule has 1 atom stereocenters. The van der Waals surface area contributed by atoms with Crippen LogP contribution in [0.5, 0.6) is 0 Å². The summed E-state index contributed by atoms with van der Waals surface area (Å²) in [6.45, 7) is 5.74. The molecule has 0 radical (unpaired) electrons. The van der Waals surface area contributed by atoms with Gasteiger partial charge in [-0.1, -0.05) is 15.9 Å². The fraction of sp³-hybridized carbons (Fsp3) is 0.500. The summed E-state index contributed by atoms with van der Waals surface area (Å²) in [6, 6.07) is 1.95. The maximum absolute atomic E-state index is 11.1. The number of amides is 1. The minimum Gasteiger partial charge on any atom is -0.466 e. The lowest BCUT2D eigenvalue weighted by Crippen LogP contribution is -2.27. The van der Waals surface area contributed by atoms with Crippen molar-refractivity contribution in [2.75, 3.05) is 5.33 Å². The van der Waals surface area contributed by atoms with Crippen LogP contribution < -0.4 is 5.32 Å². The molecule has 0 aliphatic carbocycles. The third kappa shape index (κ3) is 2.61. The van der Waals surface area contributed by atoms with Crippen molar-refractivity contribution in [3.63, 3.8) is 0 Å². The molecule has 0 fully saturated rings. The van der Waals surface area contributed by atoms with Crippen LogP contribution in [-0.4, -0.2) is 11.2 Å². The van der Waals surface area contributed by atoms with E-state index in [4.69, 9.17) is 4.42 Å². The van der Waals surface area contributed by atoms with Gasteiger partial charge in [0, 0.05) is 5.56 Å². The summed E-state index contributed by atoms with van der Waals surface area (Å²) in [7, 11) is 0. The molecule has 4 heteroatoms. The van der Waals surface area contributed by atoms with Crippen LogP contribution in [0.2, 0.25) is 0 Å². The first-order valence-electron chi connectivity index (χ1n) is 4.47. The standard InChI is InChI=1S/C10H14BrNO2/c1-6-4-9(8(3)14-6)7(2)12-10(13)5-11/h4,7H,5H2,1-3H3,(H,12,13). The Labute approximate surface area is 92.0 Å². The highest BCUT2D eigenvalue weighted by Crippen LogP contribution is 2.20. The Kier molecular flexibility index (Phi) is 3.75. The summed E-state index contributed by atoms with van der Waals surface area (Å²) in [5.74, 6) is 1.72. The average Bonchev–Trinajstić information content (AvgIpc) is 2.45. The highest BCUT2D eigenvalue weighted by Gasteiger charge is 2.13. The topological polar surface area (TPSA) is 42.2 Å². The molecule has 0 saturated carbocycles. The Morgan fingerprint density at radius 3 is 2.71 bits per heavy atom. The Bertz CT molecular complexity index is 333. The third-order valence-corrected chi connectivity index (χ3v) is 2.55. The summed E-state index contributed by atoms with van der Waals surface area (Å²) in [6.07, 6.45) is 0. The van der Waals surface area contributed by atoms with Crippen molar-refractivity contribution in [2.45, 2.75) is 26.8 Å². The molecule has 78 valence electrons. The van der Waals surface area contributed by atoms with Gasteiger partial charge < -0.3 is 9.73 Å². The van der Waals surface area contributed by atoms with E-state index < -0.39 is 0 Å². The number of hydrogen-bond donors (Lipinski definition) is 1. The van der Waals surface area contributed by atoms with Gasteiger partial charge in [0.05, 0.1) is 11.4 Å². The van der Waals surface area contributed by atoms with Gasteiger partial charge in [-0.15, -0.1) is 0 Å². The highest BCUT2D eigenvalue weighted by molar-refractivity contribution is 9.09. The molecule has 1 amide bonds. The summed E-state index contributed by atoms with van der Waals surface area (Å²) in [5, 5.41) is 3.18. The van der Waals surface area contributed by atoms with Crippen LogP contribution in [0.3, 0.4) is 0 Å². The number of rotatable bonds is 3. The first kappa shape index (κ1) is 11.3. The van der Waals surface area contributed by atoms with Crippen molar-refractivity contribution in [2.24, 2.45) is 0 Å². The van der Waals surface area contributed by atoms with Gasteiger partial charge in [-0.3, -0.25) is 4.79 Å². The number of aryl methyl sites for hydroxylation is 2. The maximum atomic E-state index is 11.1. The molecule has 1 heterocycles. The summed E-state index contributed by atoms with van der Waals surface area (Å²) in [5.41, 5.74) is 1.04. The molecule has 0 spiro atoms. The molecular weight excluding hydrogens is 246 g/mol. The molecule has 1 N–H and O–H groups in total. The largest absolute Gasteiger partial charge is 0.466 e. The van der Waals surface area contributed by atoms with Crippen LogP contribution in [-0.2, 0) is 4.79 Å². The van der Waals surface area contributed by atoms with Gasteiger partial charge >= 0.3 is 0 Å². The quantitative estimate of drug-likeness (QED) is 0.848. The first-order chi connectivity index (χ1) is 6.54. The number of furan rings is 1. The summed E-state index contributed by atoms with van der Waals surface area (Å²) >= 11 is 3.10. The van der Waals surface area contributed by atoms with E-state index in [0.717, 1.165) is 17.1 Å². The minimum atomic E-state index is -0.0178. The van der Waals surface area contributed by atoms with E-state index >= 15 is 0 Å². The number of alkyl halides is 1. The fourth-order valence-electron chi connectivity index (χ4n) is 1.44. The second kappa shape index (κ2) is 4.64. The lowest BCUT2D eigenvalue weighted by Gasteiger charge is -2.11. The zero-order chi connectivity index (χ0) is 10.7. The first-order valence-corrected chi connectivity index (χ1v) is 5.59. The summed E-state index contributed by atoms with van der Waals surface area (Å²) < 4.78 is 5.39. The van der Waals surface area contributed by atoms with E-state index in [-0.39, 0.29) is 11.9 Å². The number of carbonyl (C=O) groups excluding carboxylic acids is 1. The Balaban J connectivity index is 2.73. The number of hydrogen-bond acceptors (Lipinski definition) is 2. The zero-order valence-electron chi connectivity index (χ0n) is 8.56. The molecule has 1 unspecified atom stereocenters. The normalized spacial score (nSPS) is 12.6. The third-order valence-electron chi connectivity index (χ3n) is 2.04. The van der Waals surface area contributed by atoms with Crippen molar-refractivity contribution in [3.8, 4) is 0 Å². The van der Waals surface area contributed by atoms with E-state index in [1.165, 1.54) is 0 Å². The van der Waals surface area contributed by atoms with Crippen LogP contribution in [0.4, 0.5) is 0 Å². The number of carbonyl (C=O) groups is 1. The van der Waals surface area contributed by atoms with Crippen molar-refractivity contribution in [1.82, 2.24) is 5.32 Å². The predicted molar refractivity (Wildman–Crippen MR) is 58.5 cm³/mol. The molecule has 0 aliphatic rings. The zero-order valence-corrected chi connectivity index (χ0v) is 10.1. The second-order valence-corrected chi connectivity index (χ2v) is 3.85. The SMILES string of the molecule is Cc1cc(C(C)NC(=O)CBr)c(C)o1. The lowest BCUT2D eigenvalue weighted by molar-refractivity contribution is -0.119. The average molecular weight is 260 g/mol. The monoisotopic (exact) mass is 259 g/mol. The Morgan fingerprint density at radius 1 is 1.64 bits per heavy atom. The van der Waals surface area contributed by atoms with Crippen LogP contribution in [0.1, 0.15) is 30.0 Å². The minimum absolute atomic E-state index is 0.00231. The van der Waals surface area contributed by atoms with E-state index in [1.807, 2.05) is 26.8 Å². The number of nitrogens with one attached hydrogen (secondary N) is 1. The lowest BCUT2D eigenvalue weighted by atomic mass is 10.1. The van der Waals surface area contributed by atoms with Gasteiger partial charge in [-0.25, -0.2) is 0 Å². The van der Waals surface area contributed by atoms with E-state index in [2.05, 4.69) is 21.2 Å². The maximum Gasteiger partial charge on any atom is 0.231 e. The smallest absolute Gasteiger partial charge is 0.231 e. The van der Waals surface area contributed by atoms with Crippen LogP contribution in [0, 0.1) is 13.8 Å². The van der Waals surface area contributed by atoms with Crippen molar-refractivity contribution >= 4 is 21.8 Å². The Hall–Kier alpha value is -0.770. The van der Waals surface area contributed by atoms with Gasteiger partial charge in [-0.2, -0.15) is 0 Å². The van der Waals surface area contributed by atoms with E-state index in [9.17, 15) is 4.79 Å². The molecular formula is C10H14BrNO2. The summed E-state index contributed by atoms with van der Waals surface area (Å²) in [4.78, 5) is 11.1. The van der Waals surface area contributed by atoms with Gasteiger partial charge in [-0.05, 0) is 26.8 Å². The predicted octanol–water partition coefficient (Wildman–Crippen LogP) is 2.47. The van der Waals surface area contributed by atoms with E-state index in [0.29, 0.717) is 5.33 Å². The molecule has 3 nitrogen and oxygen atoms in total. The number of halogens is 1. The van der Waals surface area contributed by atoms with Crippen molar-refractivity contribution in [3.05, 3.63) is 23.2 Å². The highest BCUT2D eigenvalue weighted by atomic mass is 79.9. The van der Waals surface area contributed by atoms with Crippen molar-refractivity contribution < 1.29 is 9.21 Å². The van der Waals surface area contributed by atoms with Crippen molar-refractivity contribution in [1.29, 1.82) is 0 Å². The molecule has 0 saturated heterocycles. The van der Waals surface area contributed by atoms with Crippen LogP contribution in [0.15, 0.2) is 10.5 Å². The van der Waals surface area contributed by atoms with Gasteiger partial charge in [0.1, 0.15) is 11.5 Å². The molecule has 0 aliphatic heterocycles. The molecule has 14 heavy (non-hydrogen) atoms. The van der Waals surface area contributed by atoms with Crippen LogP contribution in [0.25, 0.3) is 0 Å². The van der Waals surface area contributed by atoms with Crippen LogP contribution >= 0.6 is 15.9 Å². The molecule has 0 bridgehead atoms. The van der Waals surface area contributed by atoms with Gasteiger partial charge in [0.15, 0.2) is 0 Å². The van der Waals surface area contributed by atoms with Gasteiger partial charge in [0.2, 0.25) is 5.91 Å². The van der Waals surface area contributed by atoms with Gasteiger partial charge in [0.25, 0.3) is 0 Å². The second-order valence-electron chi connectivity index (χ2n) is 3.29. The molecule has 1 rings (SSSR count). The fourth-order valence-corrected chi connectivity index (χ4v) is 1.60.